The lowest BCUT2D eigenvalue weighted by molar-refractivity contribution is -0.128. The van der Waals surface area contributed by atoms with Crippen LogP contribution < -0.4 is 5.32 Å². The van der Waals surface area contributed by atoms with E-state index in [2.05, 4.69) is 5.32 Å². The zero-order valence-electron chi connectivity index (χ0n) is 9.98. The number of hydrogen-bond donors (Lipinski definition) is 1. The number of rotatable bonds is 1. The minimum atomic E-state index is -2.33. The zero-order valence-corrected chi connectivity index (χ0v) is 9.98. The molecule has 0 atom stereocenters. The van der Waals surface area contributed by atoms with Crippen molar-refractivity contribution in [2.45, 2.75) is 57.3 Å². The molecular weight excluding hydrogens is 208 g/mol. The van der Waals surface area contributed by atoms with Crippen LogP contribution in [0.3, 0.4) is 0 Å². The van der Waals surface area contributed by atoms with Crippen LogP contribution in [0.5, 0.6) is 0 Å². The van der Waals surface area contributed by atoms with E-state index in [-0.39, 0.29) is 12.8 Å². The second kappa shape index (κ2) is 5.44. The Balaban J connectivity index is 1.77. The van der Waals surface area contributed by atoms with Crippen molar-refractivity contribution in [1.29, 1.82) is 0 Å². The largest absolute Gasteiger partial charge is 0.317 e. The second-order valence-corrected chi connectivity index (χ2v) is 5.53. The molecule has 1 aliphatic carbocycles. The van der Waals surface area contributed by atoms with E-state index in [9.17, 15) is 8.78 Å². The van der Waals surface area contributed by atoms with E-state index in [0.717, 1.165) is 13.1 Å². The summed E-state index contributed by atoms with van der Waals surface area (Å²) in [4.78, 5) is 0. The Labute approximate surface area is 97.0 Å². The van der Waals surface area contributed by atoms with Gasteiger partial charge < -0.3 is 5.32 Å². The fourth-order valence-corrected chi connectivity index (χ4v) is 3.09. The summed E-state index contributed by atoms with van der Waals surface area (Å²) in [7, 11) is 0. The molecule has 16 heavy (non-hydrogen) atoms. The quantitative estimate of drug-likeness (QED) is 0.727. The van der Waals surface area contributed by atoms with E-state index < -0.39 is 5.92 Å². The van der Waals surface area contributed by atoms with Crippen molar-refractivity contribution in [2.24, 2.45) is 11.8 Å². The molecule has 0 aromatic rings. The van der Waals surface area contributed by atoms with Gasteiger partial charge in [0.15, 0.2) is 0 Å². The van der Waals surface area contributed by atoms with E-state index in [1.165, 1.54) is 38.5 Å². The van der Waals surface area contributed by atoms with E-state index >= 15 is 0 Å². The van der Waals surface area contributed by atoms with Gasteiger partial charge in [0.2, 0.25) is 5.92 Å². The Kier molecular flexibility index (Phi) is 4.17. The van der Waals surface area contributed by atoms with E-state index in [4.69, 9.17) is 0 Å². The monoisotopic (exact) mass is 231 g/mol. The lowest BCUT2D eigenvalue weighted by Crippen LogP contribution is -2.39. The van der Waals surface area contributed by atoms with Gasteiger partial charge in [0.1, 0.15) is 0 Å². The molecule has 2 aliphatic rings. The molecule has 0 radical (unpaired) electrons. The van der Waals surface area contributed by atoms with Crippen molar-refractivity contribution in [1.82, 2.24) is 5.32 Å². The second-order valence-electron chi connectivity index (χ2n) is 5.53. The molecule has 3 heteroatoms. The first-order valence-electron chi connectivity index (χ1n) is 6.76. The fourth-order valence-electron chi connectivity index (χ4n) is 3.09. The standard InChI is InChI=1S/C13H23F2N/c14-13(15)9-12(10-13)11-5-1-3-7-16-8-4-2-6-11/h11-12,16H,1-10H2. The molecule has 0 bridgehead atoms. The summed E-state index contributed by atoms with van der Waals surface area (Å²) in [6.07, 6.45) is 7.50. The molecule has 0 unspecified atom stereocenters. The minimum Gasteiger partial charge on any atom is -0.317 e. The smallest absolute Gasteiger partial charge is 0.248 e. The van der Waals surface area contributed by atoms with Crippen LogP contribution in [-0.2, 0) is 0 Å². The van der Waals surface area contributed by atoms with E-state index in [1.807, 2.05) is 0 Å². The molecule has 0 aromatic heterocycles. The average molecular weight is 231 g/mol. The zero-order chi connectivity index (χ0) is 11.4. The third kappa shape index (κ3) is 3.41. The summed E-state index contributed by atoms with van der Waals surface area (Å²) < 4.78 is 25.7. The highest BCUT2D eigenvalue weighted by Gasteiger charge is 2.47. The lowest BCUT2D eigenvalue weighted by atomic mass is 9.70. The topological polar surface area (TPSA) is 12.0 Å². The van der Waals surface area contributed by atoms with Gasteiger partial charge in [-0.1, -0.05) is 25.7 Å². The average Bonchev–Trinajstić information content (AvgIpc) is 2.22. The molecule has 2 fully saturated rings. The molecular formula is C13H23F2N. The predicted molar refractivity (Wildman–Crippen MR) is 61.7 cm³/mol. The molecule has 94 valence electrons. The Hall–Kier alpha value is -0.180. The molecule has 1 saturated carbocycles. The fraction of sp³-hybridized carbons (Fsp3) is 1.00. The third-order valence-corrected chi connectivity index (χ3v) is 4.15. The van der Waals surface area contributed by atoms with Gasteiger partial charge in [-0.3, -0.25) is 0 Å². The van der Waals surface area contributed by atoms with Gasteiger partial charge in [0.05, 0.1) is 0 Å². The first-order chi connectivity index (χ1) is 7.67. The number of halogens is 2. The Morgan fingerprint density at radius 2 is 1.38 bits per heavy atom. The summed E-state index contributed by atoms with van der Waals surface area (Å²) in [6.45, 7) is 2.21. The molecule has 1 heterocycles. The normalized spacial score (nSPS) is 29.6. The van der Waals surface area contributed by atoms with Crippen molar-refractivity contribution < 1.29 is 8.78 Å². The van der Waals surface area contributed by atoms with Crippen LogP contribution in [0, 0.1) is 11.8 Å². The van der Waals surface area contributed by atoms with Crippen molar-refractivity contribution in [3.05, 3.63) is 0 Å². The predicted octanol–water partition coefficient (Wildman–Crippen LogP) is 3.59. The molecule has 0 spiro atoms. The SMILES string of the molecule is FC1(F)CC(C2CCCCNCCCC2)C1. The highest BCUT2D eigenvalue weighted by atomic mass is 19.3. The lowest BCUT2D eigenvalue weighted by Gasteiger charge is -2.40. The van der Waals surface area contributed by atoms with Crippen LogP contribution in [0.25, 0.3) is 0 Å². The molecule has 1 N–H and O–H groups in total. The molecule has 1 nitrogen and oxygen atoms in total. The Morgan fingerprint density at radius 1 is 0.812 bits per heavy atom. The highest BCUT2D eigenvalue weighted by Crippen LogP contribution is 2.48. The number of alkyl halides is 2. The molecule has 1 saturated heterocycles. The number of nitrogens with one attached hydrogen (secondary N) is 1. The summed E-state index contributed by atoms with van der Waals surface area (Å²) in [5.41, 5.74) is 0. The van der Waals surface area contributed by atoms with Gasteiger partial charge in [-0.15, -0.1) is 0 Å². The summed E-state index contributed by atoms with van der Waals surface area (Å²) >= 11 is 0. The molecule has 0 amide bonds. The maximum Gasteiger partial charge on any atom is 0.248 e. The van der Waals surface area contributed by atoms with Crippen LogP contribution in [0.2, 0.25) is 0 Å². The van der Waals surface area contributed by atoms with Gasteiger partial charge in [-0.05, 0) is 37.8 Å². The first kappa shape index (κ1) is 12.3. The maximum absolute atomic E-state index is 12.9. The van der Waals surface area contributed by atoms with Crippen LogP contribution in [0.4, 0.5) is 8.78 Å². The third-order valence-electron chi connectivity index (χ3n) is 4.15. The van der Waals surface area contributed by atoms with Crippen LogP contribution in [-0.4, -0.2) is 19.0 Å². The first-order valence-corrected chi connectivity index (χ1v) is 6.76. The van der Waals surface area contributed by atoms with Crippen molar-refractivity contribution >= 4 is 0 Å². The number of hydrogen-bond acceptors (Lipinski definition) is 1. The molecule has 2 rings (SSSR count). The van der Waals surface area contributed by atoms with Crippen molar-refractivity contribution in [2.75, 3.05) is 13.1 Å². The Bertz CT molecular complexity index is 200. The summed E-state index contributed by atoms with van der Waals surface area (Å²) in [5, 5.41) is 3.42. The Morgan fingerprint density at radius 3 is 1.88 bits per heavy atom. The van der Waals surface area contributed by atoms with Gasteiger partial charge in [0, 0.05) is 12.8 Å². The van der Waals surface area contributed by atoms with Crippen molar-refractivity contribution in [3.63, 3.8) is 0 Å². The van der Waals surface area contributed by atoms with Crippen molar-refractivity contribution in [3.8, 4) is 0 Å². The van der Waals surface area contributed by atoms with Crippen LogP contribution >= 0.6 is 0 Å². The molecule has 0 aromatic carbocycles. The highest BCUT2D eigenvalue weighted by molar-refractivity contribution is 4.90. The summed E-state index contributed by atoms with van der Waals surface area (Å²) in [5.74, 6) is -1.43. The van der Waals surface area contributed by atoms with Crippen LogP contribution in [0.1, 0.15) is 51.4 Å². The molecule has 1 aliphatic heterocycles. The van der Waals surface area contributed by atoms with Gasteiger partial charge >= 0.3 is 0 Å². The maximum atomic E-state index is 12.9. The van der Waals surface area contributed by atoms with Gasteiger partial charge in [-0.25, -0.2) is 8.78 Å². The van der Waals surface area contributed by atoms with E-state index in [1.54, 1.807) is 0 Å². The minimum absolute atomic E-state index is 0.163. The van der Waals surface area contributed by atoms with E-state index in [0.29, 0.717) is 11.8 Å². The van der Waals surface area contributed by atoms with Crippen LogP contribution in [0.15, 0.2) is 0 Å². The van der Waals surface area contributed by atoms with Gasteiger partial charge in [0.25, 0.3) is 0 Å². The van der Waals surface area contributed by atoms with Gasteiger partial charge in [-0.2, -0.15) is 0 Å². The summed E-state index contributed by atoms with van der Waals surface area (Å²) in [6, 6.07) is 0.